The molecule has 0 bridgehead atoms. The zero-order chi connectivity index (χ0) is 16.9. The molecule has 0 aliphatic carbocycles. The summed E-state index contributed by atoms with van der Waals surface area (Å²) in [6.07, 6.45) is 2.55. The molecule has 24 heavy (non-hydrogen) atoms. The third kappa shape index (κ3) is 3.51. The van der Waals surface area contributed by atoms with Crippen LogP contribution in [0.3, 0.4) is 0 Å². The van der Waals surface area contributed by atoms with Crippen LogP contribution in [0.15, 0.2) is 30.3 Å². The van der Waals surface area contributed by atoms with Gasteiger partial charge in [-0.1, -0.05) is 43.7 Å². The summed E-state index contributed by atoms with van der Waals surface area (Å²) < 4.78 is 5.09. The Labute approximate surface area is 143 Å². The minimum Gasteiger partial charge on any atom is -0.383 e. The van der Waals surface area contributed by atoms with E-state index in [-0.39, 0.29) is 11.8 Å². The SMILES string of the molecule is CCCc1[nH]c([C@@H]2CC(=O)N(CCOC)C2)nc1-c1ccccc1. The zero-order valence-electron chi connectivity index (χ0n) is 14.4. The highest BCUT2D eigenvalue weighted by molar-refractivity contribution is 5.79. The number of benzene rings is 1. The smallest absolute Gasteiger partial charge is 0.223 e. The second-order valence-corrected chi connectivity index (χ2v) is 6.30. The van der Waals surface area contributed by atoms with Crippen LogP contribution in [-0.2, 0) is 16.0 Å². The molecule has 5 nitrogen and oxygen atoms in total. The van der Waals surface area contributed by atoms with Crippen molar-refractivity contribution in [2.24, 2.45) is 0 Å². The van der Waals surface area contributed by atoms with Crippen molar-refractivity contribution in [3.63, 3.8) is 0 Å². The van der Waals surface area contributed by atoms with E-state index < -0.39 is 0 Å². The monoisotopic (exact) mass is 327 g/mol. The number of aryl methyl sites for hydroxylation is 1. The van der Waals surface area contributed by atoms with E-state index in [1.807, 2.05) is 23.1 Å². The van der Waals surface area contributed by atoms with Crippen molar-refractivity contribution in [3.05, 3.63) is 41.9 Å². The third-order valence-electron chi connectivity index (χ3n) is 4.51. The van der Waals surface area contributed by atoms with Crippen molar-refractivity contribution >= 4 is 5.91 Å². The first-order chi connectivity index (χ1) is 11.7. The molecule has 0 saturated carbocycles. The van der Waals surface area contributed by atoms with Gasteiger partial charge in [0.25, 0.3) is 0 Å². The largest absolute Gasteiger partial charge is 0.383 e. The number of nitrogens with zero attached hydrogens (tertiary/aromatic N) is 2. The Bertz CT molecular complexity index is 681. The summed E-state index contributed by atoms with van der Waals surface area (Å²) in [5, 5.41) is 0. The van der Waals surface area contributed by atoms with Gasteiger partial charge in [0.1, 0.15) is 5.82 Å². The molecule has 0 radical (unpaired) electrons. The van der Waals surface area contributed by atoms with Crippen LogP contribution in [0.25, 0.3) is 11.3 Å². The molecule has 1 fully saturated rings. The highest BCUT2D eigenvalue weighted by atomic mass is 16.5. The van der Waals surface area contributed by atoms with Gasteiger partial charge < -0.3 is 14.6 Å². The van der Waals surface area contributed by atoms with Gasteiger partial charge in [0, 0.05) is 43.8 Å². The Hall–Kier alpha value is -2.14. The van der Waals surface area contributed by atoms with E-state index in [2.05, 4.69) is 24.0 Å². The van der Waals surface area contributed by atoms with Crippen LogP contribution in [0.2, 0.25) is 0 Å². The predicted octanol–water partition coefficient (Wildman–Crippen LogP) is 2.99. The number of imidazole rings is 1. The normalized spacial score (nSPS) is 17.7. The second-order valence-electron chi connectivity index (χ2n) is 6.30. The molecular weight excluding hydrogens is 302 g/mol. The number of carbonyl (C=O) groups is 1. The molecule has 1 aromatic heterocycles. The number of carbonyl (C=O) groups excluding carboxylic acids is 1. The Balaban J connectivity index is 1.83. The van der Waals surface area contributed by atoms with Gasteiger partial charge in [0.15, 0.2) is 0 Å². The third-order valence-corrected chi connectivity index (χ3v) is 4.51. The van der Waals surface area contributed by atoms with Crippen LogP contribution >= 0.6 is 0 Å². The first kappa shape index (κ1) is 16.7. The summed E-state index contributed by atoms with van der Waals surface area (Å²) >= 11 is 0. The number of amides is 1. The highest BCUT2D eigenvalue weighted by Crippen LogP contribution is 2.30. The maximum Gasteiger partial charge on any atom is 0.223 e. The lowest BCUT2D eigenvalue weighted by Gasteiger charge is -2.15. The van der Waals surface area contributed by atoms with Crippen LogP contribution < -0.4 is 0 Å². The van der Waals surface area contributed by atoms with Gasteiger partial charge in [-0.25, -0.2) is 4.98 Å². The van der Waals surface area contributed by atoms with E-state index in [1.165, 1.54) is 5.69 Å². The lowest BCUT2D eigenvalue weighted by molar-refractivity contribution is -0.128. The van der Waals surface area contributed by atoms with E-state index in [4.69, 9.17) is 9.72 Å². The fourth-order valence-corrected chi connectivity index (χ4v) is 3.26. The minimum atomic E-state index is 0.141. The number of aromatic amines is 1. The Morgan fingerprint density at radius 1 is 1.33 bits per heavy atom. The van der Waals surface area contributed by atoms with Crippen molar-refractivity contribution in [2.45, 2.75) is 32.1 Å². The Morgan fingerprint density at radius 3 is 2.83 bits per heavy atom. The number of aromatic nitrogens is 2. The van der Waals surface area contributed by atoms with Gasteiger partial charge in [0.05, 0.1) is 12.3 Å². The minimum absolute atomic E-state index is 0.141. The van der Waals surface area contributed by atoms with Gasteiger partial charge >= 0.3 is 0 Å². The summed E-state index contributed by atoms with van der Waals surface area (Å²) in [7, 11) is 1.66. The second kappa shape index (κ2) is 7.62. The number of nitrogens with one attached hydrogen (secondary N) is 1. The molecule has 0 spiro atoms. The molecule has 1 atom stereocenters. The fraction of sp³-hybridized carbons (Fsp3) is 0.474. The molecule has 2 aromatic rings. The van der Waals surface area contributed by atoms with Gasteiger partial charge in [-0.3, -0.25) is 4.79 Å². The van der Waals surface area contributed by atoms with Crippen LogP contribution in [0.5, 0.6) is 0 Å². The highest BCUT2D eigenvalue weighted by Gasteiger charge is 2.32. The van der Waals surface area contributed by atoms with E-state index in [9.17, 15) is 4.79 Å². The van der Waals surface area contributed by atoms with Crippen molar-refractivity contribution in [1.82, 2.24) is 14.9 Å². The molecular formula is C19H25N3O2. The number of H-pyrrole nitrogens is 1. The number of likely N-dealkylation sites (tertiary alicyclic amines) is 1. The van der Waals surface area contributed by atoms with E-state index in [0.717, 1.165) is 36.5 Å². The molecule has 5 heteroatoms. The number of hydrogen-bond donors (Lipinski definition) is 1. The van der Waals surface area contributed by atoms with E-state index in [0.29, 0.717) is 19.6 Å². The topological polar surface area (TPSA) is 58.2 Å². The summed E-state index contributed by atoms with van der Waals surface area (Å²) in [5.41, 5.74) is 3.32. The predicted molar refractivity (Wildman–Crippen MR) is 93.8 cm³/mol. The van der Waals surface area contributed by atoms with Crippen molar-refractivity contribution in [3.8, 4) is 11.3 Å². The molecule has 1 N–H and O–H groups in total. The van der Waals surface area contributed by atoms with Crippen LogP contribution in [0, 0.1) is 0 Å². The molecule has 1 aliphatic rings. The Kier molecular flexibility index (Phi) is 5.30. The van der Waals surface area contributed by atoms with Crippen molar-refractivity contribution in [1.29, 1.82) is 0 Å². The summed E-state index contributed by atoms with van der Waals surface area (Å²) in [6.45, 7) is 4.11. The lowest BCUT2D eigenvalue weighted by atomic mass is 10.1. The van der Waals surface area contributed by atoms with Crippen molar-refractivity contribution in [2.75, 3.05) is 26.8 Å². The molecule has 3 rings (SSSR count). The average molecular weight is 327 g/mol. The number of methoxy groups -OCH3 is 1. The van der Waals surface area contributed by atoms with Crippen LogP contribution in [0.1, 0.15) is 37.2 Å². The number of rotatable bonds is 7. The molecule has 1 aliphatic heterocycles. The first-order valence-corrected chi connectivity index (χ1v) is 8.63. The van der Waals surface area contributed by atoms with E-state index in [1.54, 1.807) is 7.11 Å². The van der Waals surface area contributed by atoms with Gasteiger partial charge in [-0.15, -0.1) is 0 Å². The van der Waals surface area contributed by atoms with Gasteiger partial charge in [0.2, 0.25) is 5.91 Å². The van der Waals surface area contributed by atoms with Gasteiger partial charge in [-0.05, 0) is 6.42 Å². The molecule has 1 amide bonds. The quantitative estimate of drug-likeness (QED) is 0.850. The maximum absolute atomic E-state index is 12.2. The number of hydrogen-bond acceptors (Lipinski definition) is 3. The molecule has 0 unspecified atom stereocenters. The molecule has 1 aromatic carbocycles. The Morgan fingerprint density at radius 2 is 2.12 bits per heavy atom. The summed E-state index contributed by atoms with van der Waals surface area (Å²) in [6, 6.07) is 10.3. The maximum atomic E-state index is 12.2. The van der Waals surface area contributed by atoms with Crippen molar-refractivity contribution < 1.29 is 9.53 Å². The molecule has 128 valence electrons. The fourth-order valence-electron chi connectivity index (χ4n) is 3.26. The van der Waals surface area contributed by atoms with E-state index >= 15 is 0 Å². The number of ether oxygens (including phenoxy) is 1. The summed E-state index contributed by atoms with van der Waals surface area (Å²) in [5.74, 6) is 1.26. The first-order valence-electron chi connectivity index (χ1n) is 8.63. The molecule has 1 saturated heterocycles. The summed E-state index contributed by atoms with van der Waals surface area (Å²) in [4.78, 5) is 22.4. The van der Waals surface area contributed by atoms with Crippen LogP contribution in [-0.4, -0.2) is 47.6 Å². The molecule has 2 heterocycles. The zero-order valence-corrected chi connectivity index (χ0v) is 14.4. The van der Waals surface area contributed by atoms with Gasteiger partial charge in [-0.2, -0.15) is 0 Å². The average Bonchev–Trinajstić information content (AvgIpc) is 3.18. The van der Waals surface area contributed by atoms with Crippen LogP contribution in [0.4, 0.5) is 0 Å². The lowest BCUT2D eigenvalue weighted by Crippen LogP contribution is -2.28. The standard InChI is InChI=1S/C19H25N3O2/c1-3-7-16-18(14-8-5-4-6-9-14)21-19(20-16)15-12-17(23)22(13-15)10-11-24-2/h4-6,8-9,15H,3,7,10-13H2,1-2H3,(H,20,21)/t15-/m1/s1.